The van der Waals surface area contributed by atoms with Gasteiger partial charge in [-0.05, 0) is 43.2 Å². The SMILES string of the molecule is CC(N)(C(=O)Nc1ccc(N2CCCS2(=O)=O)cc1)c1ccccc1.Cl. The Balaban J connectivity index is 0.00000243. The molecule has 0 bridgehead atoms. The van der Waals surface area contributed by atoms with Crippen LogP contribution in [0.3, 0.4) is 0 Å². The summed E-state index contributed by atoms with van der Waals surface area (Å²) in [5, 5.41) is 2.79. The van der Waals surface area contributed by atoms with Crippen LogP contribution < -0.4 is 15.4 Å². The first kappa shape index (κ1) is 20.2. The van der Waals surface area contributed by atoms with E-state index in [2.05, 4.69) is 5.32 Å². The highest BCUT2D eigenvalue weighted by molar-refractivity contribution is 7.93. The third-order valence-corrected chi connectivity index (χ3v) is 6.23. The predicted molar refractivity (Wildman–Crippen MR) is 106 cm³/mol. The molecule has 0 saturated carbocycles. The van der Waals surface area contributed by atoms with Crippen molar-refractivity contribution in [3.8, 4) is 0 Å². The number of hydrogen-bond donors (Lipinski definition) is 2. The third-order valence-electron chi connectivity index (χ3n) is 4.36. The number of sulfonamides is 1. The zero-order chi connectivity index (χ0) is 18.1. The van der Waals surface area contributed by atoms with E-state index in [1.54, 1.807) is 43.3 Å². The van der Waals surface area contributed by atoms with Crippen molar-refractivity contribution in [1.82, 2.24) is 0 Å². The van der Waals surface area contributed by atoms with Crippen molar-refractivity contribution in [3.05, 3.63) is 60.2 Å². The minimum atomic E-state index is -3.21. The molecule has 3 rings (SSSR count). The van der Waals surface area contributed by atoms with Gasteiger partial charge in [-0.3, -0.25) is 9.10 Å². The van der Waals surface area contributed by atoms with Crippen LogP contribution in [-0.4, -0.2) is 26.6 Å². The van der Waals surface area contributed by atoms with E-state index in [0.29, 0.717) is 29.9 Å². The van der Waals surface area contributed by atoms with E-state index < -0.39 is 15.6 Å². The average Bonchev–Trinajstić information content (AvgIpc) is 2.95. The number of nitrogens with one attached hydrogen (secondary N) is 1. The summed E-state index contributed by atoms with van der Waals surface area (Å²) < 4.78 is 25.3. The Morgan fingerprint density at radius 3 is 2.27 bits per heavy atom. The number of carbonyl (C=O) groups excluding carboxylic acids is 1. The lowest BCUT2D eigenvalue weighted by Gasteiger charge is -2.24. The largest absolute Gasteiger partial charge is 0.324 e. The molecule has 1 aliphatic heterocycles. The molecule has 1 aliphatic rings. The van der Waals surface area contributed by atoms with Gasteiger partial charge in [0.2, 0.25) is 15.9 Å². The van der Waals surface area contributed by atoms with E-state index in [4.69, 9.17) is 5.73 Å². The monoisotopic (exact) mass is 395 g/mol. The summed E-state index contributed by atoms with van der Waals surface area (Å²) in [6.45, 7) is 2.14. The number of anilines is 2. The lowest BCUT2D eigenvalue weighted by Crippen LogP contribution is -2.45. The second-order valence-electron chi connectivity index (χ2n) is 6.31. The molecular formula is C18H22ClN3O3S. The van der Waals surface area contributed by atoms with Crippen molar-refractivity contribution in [2.45, 2.75) is 18.9 Å². The molecule has 1 atom stereocenters. The van der Waals surface area contributed by atoms with Gasteiger partial charge >= 0.3 is 0 Å². The smallest absolute Gasteiger partial charge is 0.248 e. The molecule has 3 N–H and O–H groups in total. The molecule has 1 fully saturated rings. The molecule has 6 nitrogen and oxygen atoms in total. The lowest BCUT2D eigenvalue weighted by atomic mass is 9.92. The van der Waals surface area contributed by atoms with Gasteiger partial charge in [-0.1, -0.05) is 30.3 Å². The van der Waals surface area contributed by atoms with Gasteiger partial charge < -0.3 is 11.1 Å². The molecule has 0 aliphatic carbocycles. The summed E-state index contributed by atoms with van der Waals surface area (Å²) >= 11 is 0. The minimum Gasteiger partial charge on any atom is -0.324 e. The first-order chi connectivity index (χ1) is 11.8. The van der Waals surface area contributed by atoms with Gasteiger partial charge in [-0.2, -0.15) is 0 Å². The first-order valence-electron chi connectivity index (χ1n) is 8.07. The van der Waals surface area contributed by atoms with E-state index in [-0.39, 0.29) is 24.1 Å². The molecule has 0 radical (unpaired) electrons. The van der Waals surface area contributed by atoms with Gasteiger partial charge in [0.1, 0.15) is 5.54 Å². The number of benzene rings is 2. The zero-order valence-corrected chi connectivity index (χ0v) is 16.0. The number of rotatable bonds is 4. The van der Waals surface area contributed by atoms with Crippen molar-refractivity contribution in [1.29, 1.82) is 0 Å². The Morgan fingerprint density at radius 1 is 1.12 bits per heavy atom. The number of nitrogens with zero attached hydrogens (tertiary/aromatic N) is 1. The van der Waals surface area contributed by atoms with E-state index in [0.717, 1.165) is 0 Å². The molecule has 1 saturated heterocycles. The summed E-state index contributed by atoms with van der Waals surface area (Å²) in [6, 6.07) is 15.9. The van der Waals surface area contributed by atoms with Crippen LogP contribution >= 0.6 is 12.4 Å². The summed E-state index contributed by atoms with van der Waals surface area (Å²) in [4.78, 5) is 12.5. The van der Waals surface area contributed by atoms with Crippen molar-refractivity contribution >= 4 is 39.7 Å². The van der Waals surface area contributed by atoms with Crippen molar-refractivity contribution in [2.24, 2.45) is 5.73 Å². The normalized spacial score (nSPS) is 17.8. The van der Waals surface area contributed by atoms with Gasteiger partial charge in [-0.15, -0.1) is 12.4 Å². The van der Waals surface area contributed by atoms with Crippen LogP contribution in [-0.2, 0) is 20.4 Å². The predicted octanol–water partition coefficient (Wildman–Crippen LogP) is 2.46. The fourth-order valence-corrected chi connectivity index (χ4v) is 4.38. The van der Waals surface area contributed by atoms with E-state index >= 15 is 0 Å². The quantitative estimate of drug-likeness (QED) is 0.831. The van der Waals surface area contributed by atoms with E-state index in [9.17, 15) is 13.2 Å². The Morgan fingerprint density at radius 2 is 1.73 bits per heavy atom. The number of halogens is 1. The highest BCUT2D eigenvalue weighted by Gasteiger charge is 2.31. The van der Waals surface area contributed by atoms with Crippen molar-refractivity contribution in [3.63, 3.8) is 0 Å². The Kier molecular flexibility index (Phi) is 5.95. The topological polar surface area (TPSA) is 92.5 Å². The Hall–Kier alpha value is -2.09. The fourth-order valence-electron chi connectivity index (χ4n) is 2.82. The molecule has 1 amide bonds. The minimum absolute atomic E-state index is 0. The Bertz CT molecular complexity index is 868. The van der Waals surface area contributed by atoms with Gasteiger partial charge in [0.15, 0.2) is 0 Å². The van der Waals surface area contributed by atoms with Crippen LogP contribution in [0.4, 0.5) is 11.4 Å². The highest BCUT2D eigenvalue weighted by atomic mass is 35.5. The van der Waals surface area contributed by atoms with Crippen LogP contribution in [0, 0.1) is 0 Å². The van der Waals surface area contributed by atoms with Crippen LogP contribution in [0.15, 0.2) is 54.6 Å². The van der Waals surface area contributed by atoms with Crippen molar-refractivity contribution < 1.29 is 13.2 Å². The second-order valence-corrected chi connectivity index (χ2v) is 8.32. The lowest BCUT2D eigenvalue weighted by molar-refractivity contribution is -0.120. The number of carbonyl (C=O) groups is 1. The molecule has 1 unspecified atom stereocenters. The van der Waals surface area contributed by atoms with Crippen LogP contribution in [0.1, 0.15) is 18.9 Å². The molecule has 0 spiro atoms. The van der Waals surface area contributed by atoms with Crippen molar-refractivity contribution in [2.75, 3.05) is 21.9 Å². The van der Waals surface area contributed by atoms with Crippen LogP contribution in [0.25, 0.3) is 0 Å². The third kappa shape index (κ3) is 4.00. The highest BCUT2D eigenvalue weighted by Crippen LogP contribution is 2.26. The molecule has 1 heterocycles. The fraction of sp³-hybridized carbons (Fsp3) is 0.278. The molecule has 26 heavy (non-hydrogen) atoms. The van der Waals surface area contributed by atoms with Gasteiger partial charge in [-0.25, -0.2) is 8.42 Å². The van der Waals surface area contributed by atoms with Gasteiger partial charge in [0.25, 0.3) is 0 Å². The summed E-state index contributed by atoms with van der Waals surface area (Å²) in [5.74, 6) is -0.158. The summed E-state index contributed by atoms with van der Waals surface area (Å²) in [5.41, 5.74) is 6.91. The molecule has 140 valence electrons. The molecule has 2 aromatic rings. The van der Waals surface area contributed by atoms with Gasteiger partial charge in [0.05, 0.1) is 11.4 Å². The number of amides is 1. The summed E-state index contributed by atoms with van der Waals surface area (Å²) in [6.07, 6.45) is 0.628. The first-order valence-corrected chi connectivity index (χ1v) is 9.68. The number of nitrogens with two attached hydrogens (primary N) is 1. The summed E-state index contributed by atoms with van der Waals surface area (Å²) in [7, 11) is -3.21. The van der Waals surface area contributed by atoms with Crippen LogP contribution in [0.2, 0.25) is 0 Å². The van der Waals surface area contributed by atoms with E-state index in [1.165, 1.54) is 4.31 Å². The molecule has 0 aromatic heterocycles. The van der Waals surface area contributed by atoms with E-state index in [1.807, 2.05) is 18.2 Å². The number of hydrogen-bond acceptors (Lipinski definition) is 4. The second kappa shape index (κ2) is 7.65. The maximum absolute atomic E-state index is 12.5. The van der Waals surface area contributed by atoms with Gasteiger partial charge in [0, 0.05) is 12.2 Å². The molecule has 8 heteroatoms. The molecule has 2 aromatic carbocycles. The Labute approximate surface area is 159 Å². The standard InChI is InChI=1S/C18H21N3O3S.ClH/c1-18(19,14-6-3-2-4-7-14)17(22)20-15-8-10-16(11-9-15)21-12-5-13-25(21,23)24;/h2-4,6-11H,5,12-13,19H2,1H3,(H,20,22);1H. The average molecular weight is 396 g/mol. The zero-order valence-electron chi connectivity index (χ0n) is 14.4. The van der Waals surface area contributed by atoms with Crippen LogP contribution in [0.5, 0.6) is 0 Å². The molecular weight excluding hydrogens is 374 g/mol. The maximum Gasteiger partial charge on any atom is 0.248 e. The maximum atomic E-state index is 12.5.